The van der Waals surface area contributed by atoms with Crippen molar-refractivity contribution in [3.8, 4) is 102 Å². The third-order valence-corrected chi connectivity index (χ3v) is 19.2. The predicted molar refractivity (Wildman–Crippen MR) is 335 cm³/mol. The molecule has 0 unspecified atom stereocenters. The van der Waals surface area contributed by atoms with Crippen LogP contribution < -0.4 is 0 Å². The highest BCUT2D eigenvalue weighted by Crippen LogP contribution is 2.70. The summed E-state index contributed by atoms with van der Waals surface area (Å²) in [6.45, 7) is 0. The molecule has 5 aliphatic rings. The third-order valence-electron chi connectivity index (χ3n) is 19.2. The van der Waals surface area contributed by atoms with Crippen LogP contribution in [0.3, 0.4) is 0 Å². The molecule has 8 nitrogen and oxygen atoms in total. The standard InChI is InChI=1S/C76H52N6O2/c1-3-13-46(14-4-1)70-77-72(81-74(79-70)54-27-31-62-60-21-7-9-23-66(60)83-68(62)42-54)52-19-11-17-48(38-52)50-25-29-58-59-30-26-51(41-65(59)76(64(58)40-50)56-34-44-33-45(36-56)37-57(76)35-44)49-18-12-20-53(39-49)73-78-71(47-15-5-2-6-16-47)80-75(82-73)55-28-32-63-61-22-8-10-24-67(61)84-69(63)43-55/h1-32,38-45,56-57H,33-37H2. The molecule has 5 aliphatic carbocycles. The van der Waals surface area contributed by atoms with Gasteiger partial charge in [-0.05, 0) is 161 Å². The highest BCUT2D eigenvalue weighted by atomic mass is 16.3. The molecule has 4 bridgehead atoms. The van der Waals surface area contributed by atoms with Gasteiger partial charge < -0.3 is 8.83 Å². The summed E-state index contributed by atoms with van der Waals surface area (Å²) in [7, 11) is 0. The summed E-state index contributed by atoms with van der Waals surface area (Å²) in [5.41, 5.74) is 19.2. The molecule has 10 aromatic carbocycles. The quantitative estimate of drug-likeness (QED) is 0.148. The van der Waals surface area contributed by atoms with Gasteiger partial charge in [-0.2, -0.15) is 0 Å². The number of benzene rings is 10. The van der Waals surface area contributed by atoms with E-state index in [-0.39, 0.29) is 5.41 Å². The summed E-state index contributed by atoms with van der Waals surface area (Å²) < 4.78 is 12.7. The predicted octanol–water partition coefficient (Wildman–Crippen LogP) is 18.9. The lowest BCUT2D eigenvalue weighted by atomic mass is 9.43. The average molecular weight is 1080 g/mol. The first kappa shape index (κ1) is 47.5. The second-order valence-electron chi connectivity index (χ2n) is 23.8. The lowest BCUT2D eigenvalue weighted by molar-refractivity contribution is -0.0399. The number of hydrogen-bond donors (Lipinski definition) is 0. The third kappa shape index (κ3) is 7.45. The van der Waals surface area contributed by atoms with Crippen LogP contribution in [-0.2, 0) is 5.41 Å². The molecule has 19 rings (SSSR count). The van der Waals surface area contributed by atoms with E-state index in [1.807, 2.05) is 72.8 Å². The summed E-state index contributed by atoms with van der Waals surface area (Å²) in [5.74, 6) is 6.48. The normalized spacial score (nSPS) is 18.1. The minimum absolute atomic E-state index is 0.0807. The molecule has 4 aromatic heterocycles. The maximum atomic E-state index is 6.35. The van der Waals surface area contributed by atoms with E-state index in [4.69, 9.17) is 38.7 Å². The largest absolute Gasteiger partial charge is 0.456 e. The molecule has 4 fully saturated rings. The van der Waals surface area contributed by atoms with Crippen LogP contribution in [0.4, 0.5) is 0 Å². The van der Waals surface area contributed by atoms with Crippen molar-refractivity contribution in [3.63, 3.8) is 0 Å². The van der Waals surface area contributed by atoms with Gasteiger partial charge in [0.15, 0.2) is 34.9 Å². The topological polar surface area (TPSA) is 104 Å². The van der Waals surface area contributed by atoms with Crippen LogP contribution >= 0.6 is 0 Å². The van der Waals surface area contributed by atoms with Gasteiger partial charge in [0, 0.05) is 60.3 Å². The van der Waals surface area contributed by atoms with Gasteiger partial charge in [-0.15, -0.1) is 0 Å². The average Bonchev–Trinajstić information content (AvgIpc) is 1.54. The zero-order chi connectivity index (χ0) is 55.0. The first-order valence-electron chi connectivity index (χ1n) is 29.5. The van der Waals surface area contributed by atoms with Gasteiger partial charge >= 0.3 is 0 Å². The molecule has 0 saturated heterocycles. The first-order chi connectivity index (χ1) is 41.5. The number of rotatable bonds is 8. The van der Waals surface area contributed by atoms with E-state index in [1.165, 1.54) is 65.5 Å². The molecule has 4 heterocycles. The molecule has 14 aromatic rings. The van der Waals surface area contributed by atoms with E-state index in [9.17, 15) is 0 Å². The summed E-state index contributed by atoms with van der Waals surface area (Å²) in [6, 6.07) is 81.5. The smallest absolute Gasteiger partial charge is 0.164 e. The molecular formula is C76H52N6O2. The zero-order valence-corrected chi connectivity index (χ0v) is 45.8. The van der Waals surface area contributed by atoms with Crippen molar-refractivity contribution in [2.24, 2.45) is 23.7 Å². The summed E-state index contributed by atoms with van der Waals surface area (Å²) >= 11 is 0. The van der Waals surface area contributed by atoms with Crippen molar-refractivity contribution < 1.29 is 8.83 Å². The van der Waals surface area contributed by atoms with E-state index in [2.05, 4.69) is 158 Å². The van der Waals surface area contributed by atoms with E-state index in [0.717, 1.165) is 100 Å². The molecule has 0 amide bonds. The summed E-state index contributed by atoms with van der Waals surface area (Å²) in [5, 5.41) is 4.32. The zero-order valence-electron chi connectivity index (χ0n) is 45.8. The Bertz CT molecular complexity index is 4680. The molecule has 0 N–H and O–H groups in total. The highest BCUT2D eigenvalue weighted by Gasteiger charge is 2.61. The monoisotopic (exact) mass is 1080 g/mol. The Hall–Kier alpha value is -10.2. The fourth-order valence-electron chi connectivity index (χ4n) is 15.7. The summed E-state index contributed by atoms with van der Waals surface area (Å²) in [6.07, 6.45) is 6.54. The second kappa shape index (κ2) is 18.4. The van der Waals surface area contributed by atoms with Crippen molar-refractivity contribution in [2.45, 2.75) is 37.5 Å². The van der Waals surface area contributed by atoms with Gasteiger partial charge in [-0.1, -0.05) is 170 Å². The van der Waals surface area contributed by atoms with Crippen LogP contribution in [0.1, 0.15) is 43.2 Å². The fourth-order valence-corrected chi connectivity index (χ4v) is 15.7. The number of furan rings is 2. The van der Waals surface area contributed by atoms with Crippen molar-refractivity contribution in [1.29, 1.82) is 0 Å². The van der Waals surface area contributed by atoms with Gasteiger partial charge in [0.25, 0.3) is 0 Å². The van der Waals surface area contributed by atoms with Crippen molar-refractivity contribution >= 4 is 43.9 Å². The van der Waals surface area contributed by atoms with E-state index in [1.54, 1.807) is 0 Å². The first-order valence-corrected chi connectivity index (χ1v) is 29.5. The van der Waals surface area contributed by atoms with Gasteiger partial charge in [0.05, 0.1) is 0 Å². The minimum atomic E-state index is -0.0807. The van der Waals surface area contributed by atoms with Crippen LogP contribution in [0.25, 0.3) is 146 Å². The van der Waals surface area contributed by atoms with Crippen LogP contribution in [-0.4, -0.2) is 29.9 Å². The van der Waals surface area contributed by atoms with Gasteiger partial charge in [-0.25, -0.2) is 29.9 Å². The Morgan fingerprint density at radius 1 is 0.262 bits per heavy atom. The van der Waals surface area contributed by atoms with E-state index in [0.29, 0.717) is 46.8 Å². The molecule has 0 atom stereocenters. The lowest BCUT2D eigenvalue weighted by Crippen LogP contribution is -2.55. The minimum Gasteiger partial charge on any atom is -0.456 e. The molecule has 398 valence electrons. The van der Waals surface area contributed by atoms with Crippen LogP contribution in [0, 0.1) is 23.7 Å². The van der Waals surface area contributed by atoms with Gasteiger partial charge in [-0.3, -0.25) is 0 Å². The molecule has 8 heteroatoms. The Labute approximate surface area is 484 Å². The van der Waals surface area contributed by atoms with E-state index >= 15 is 0 Å². The van der Waals surface area contributed by atoms with Crippen molar-refractivity contribution in [3.05, 3.63) is 242 Å². The van der Waals surface area contributed by atoms with E-state index < -0.39 is 0 Å². The molecular weight excluding hydrogens is 1030 g/mol. The second-order valence-corrected chi connectivity index (χ2v) is 23.8. The highest BCUT2D eigenvalue weighted by molar-refractivity contribution is 6.07. The van der Waals surface area contributed by atoms with Gasteiger partial charge in [0.1, 0.15) is 22.3 Å². The molecule has 1 spiro atoms. The Kier molecular flexibility index (Phi) is 10.4. The SMILES string of the molecule is c1ccc(-c2nc(-c3cccc(-c4ccc5c(c4)C4(c6cc(-c7cccc(-c8nc(-c9ccccc9)nc(-c9ccc%10c(c9)oc9ccccc9%10)n8)c7)ccc6-5)C5CC6CC(C5)CC4C6)c3)nc(-c3ccc4c(c3)oc3ccccc34)n2)cc1. The maximum absolute atomic E-state index is 6.35. The van der Waals surface area contributed by atoms with Gasteiger partial charge in [0.2, 0.25) is 0 Å². The summed E-state index contributed by atoms with van der Waals surface area (Å²) in [4.78, 5) is 31.0. The van der Waals surface area contributed by atoms with Crippen LogP contribution in [0.2, 0.25) is 0 Å². The Morgan fingerprint density at radius 3 is 1.04 bits per heavy atom. The Balaban J connectivity index is 0.726. The molecule has 0 aliphatic heterocycles. The van der Waals surface area contributed by atoms with Crippen molar-refractivity contribution in [2.75, 3.05) is 0 Å². The fraction of sp³-hybridized carbons (Fsp3) is 0.132. The molecule has 0 radical (unpaired) electrons. The van der Waals surface area contributed by atoms with Crippen LogP contribution in [0.5, 0.6) is 0 Å². The Morgan fingerprint density at radius 2 is 0.595 bits per heavy atom. The number of nitrogens with zero attached hydrogens (tertiary/aromatic N) is 6. The number of aromatic nitrogens is 6. The number of para-hydroxylation sites is 2. The number of fused-ring (bicyclic) bond motifs is 9. The number of hydrogen-bond acceptors (Lipinski definition) is 8. The molecule has 84 heavy (non-hydrogen) atoms. The van der Waals surface area contributed by atoms with Crippen LogP contribution in [0.15, 0.2) is 239 Å². The lowest BCUT2D eigenvalue weighted by Gasteiger charge is -2.61. The van der Waals surface area contributed by atoms with Crippen molar-refractivity contribution in [1.82, 2.24) is 29.9 Å². The maximum Gasteiger partial charge on any atom is 0.164 e. The molecule has 4 saturated carbocycles.